The maximum absolute atomic E-state index is 11.6. The van der Waals surface area contributed by atoms with Gasteiger partial charge in [0, 0.05) is 24.1 Å². The average Bonchev–Trinajstić information content (AvgIpc) is 2.35. The molecule has 0 aromatic carbocycles. The third-order valence-electron chi connectivity index (χ3n) is 2.91. The number of hydrogen-bond donors (Lipinski definition) is 2. The van der Waals surface area contributed by atoms with Gasteiger partial charge in [0.05, 0.1) is 6.54 Å². The van der Waals surface area contributed by atoms with Gasteiger partial charge < -0.3 is 10.6 Å². The van der Waals surface area contributed by atoms with Crippen molar-refractivity contribution in [3.8, 4) is 0 Å². The van der Waals surface area contributed by atoms with Crippen molar-refractivity contribution in [1.29, 1.82) is 0 Å². The van der Waals surface area contributed by atoms with Crippen LogP contribution in [0, 0.1) is 0 Å². The molecule has 0 spiro atoms. The molecule has 0 aliphatic heterocycles. The van der Waals surface area contributed by atoms with Crippen LogP contribution in [0.15, 0.2) is 12.7 Å². The maximum atomic E-state index is 11.6. The van der Waals surface area contributed by atoms with Crippen LogP contribution in [-0.4, -0.2) is 36.5 Å². The fourth-order valence-electron chi connectivity index (χ4n) is 2.04. The summed E-state index contributed by atoms with van der Waals surface area (Å²) >= 11 is 1.83. The molecule has 1 fully saturated rings. The first-order chi connectivity index (χ1) is 8.33. The second-order valence-corrected chi connectivity index (χ2v) is 5.59. The number of rotatable bonds is 8. The Morgan fingerprint density at radius 2 is 2.12 bits per heavy atom. The highest BCUT2D eigenvalue weighted by atomic mass is 32.2. The standard InChI is InChI=1S/C13H24N2OS/c1-2-9-17-10-8-14-11-13(16)15-12-6-4-3-5-7-12/h2,12,14H,1,3-11H2,(H,15,16). The molecule has 2 N–H and O–H groups in total. The summed E-state index contributed by atoms with van der Waals surface area (Å²) in [4.78, 5) is 11.6. The smallest absolute Gasteiger partial charge is 0.234 e. The second-order valence-electron chi connectivity index (χ2n) is 4.44. The molecule has 0 atom stereocenters. The Hall–Kier alpha value is -0.480. The maximum Gasteiger partial charge on any atom is 0.234 e. The molecule has 1 rings (SSSR count). The normalized spacial score (nSPS) is 16.7. The van der Waals surface area contributed by atoms with E-state index in [4.69, 9.17) is 0 Å². The van der Waals surface area contributed by atoms with Crippen LogP contribution in [0.5, 0.6) is 0 Å². The summed E-state index contributed by atoms with van der Waals surface area (Å²) in [7, 11) is 0. The molecule has 0 unspecified atom stereocenters. The van der Waals surface area contributed by atoms with Gasteiger partial charge in [0.1, 0.15) is 0 Å². The van der Waals surface area contributed by atoms with E-state index in [9.17, 15) is 4.79 Å². The Morgan fingerprint density at radius 3 is 2.82 bits per heavy atom. The average molecular weight is 256 g/mol. The van der Waals surface area contributed by atoms with Gasteiger partial charge in [-0.3, -0.25) is 4.79 Å². The lowest BCUT2D eigenvalue weighted by Crippen LogP contribution is -2.41. The highest BCUT2D eigenvalue weighted by molar-refractivity contribution is 7.99. The molecular formula is C13H24N2OS. The molecular weight excluding hydrogens is 232 g/mol. The fourth-order valence-corrected chi connectivity index (χ4v) is 2.66. The summed E-state index contributed by atoms with van der Waals surface area (Å²) in [5.41, 5.74) is 0. The fraction of sp³-hybridized carbons (Fsp3) is 0.769. The summed E-state index contributed by atoms with van der Waals surface area (Å²) in [5.74, 6) is 2.16. The minimum atomic E-state index is 0.144. The lowest BCUT2D eigenvalue weighted by atomic mass is 9.95. The van der Waals surface area contributed by atoms with Crippen molar-refractivity contribution >= 4 is 17.7 Å². The zero-order valence-corrected chi connectivity index (χ0v) is 11.4. The van der Waals surface area contributed by atoms with Crippen molar-refractivity contribution < 1.29 is 4.79 Å². The van der Waals surface area contributed by atoms with E-state index in [1.807, 2.05) is 17.8 Å². The summed E-state index contributed by atoms with van der Waals surface area (Å²) in [6.07, 6.45) is 8.06. The third-order valence-corrected chi connectivity index (χ3v) is 3.88. The predicted molar refractivity (Wildman–Crippen MR) is 75.4 cm³/mol. The topological polar surface area (TPSA) is 41.1 Å². The third kappa shape index (κ3) is 7.45. The van der Waals surface area contributed by atoms with Crippen LogP contribution < -0.4 is 10.6 Å². The van der Waals surface area contributed by atoms with E-state index < -0.39 is 0 Å². The van der Waals surface area contributed by atoms with Crippen LogP contribution in [0.3, 0.4) is 0 Å². The van der Waals surface area contributed by atoms with Crippen molar-refractivity contribution in [1.82, 2.24) is 10.6 Å². The monoisotopic (exact) mass is 256 g/mol. The molecule has 1 aliphatic carbocycles. The van der Waals surface area contributed by atoms with Gasteiger partial charge in [-0.15, -0.1) is 6.58 Å². The highest BCUT2D eigenvalue weighted by Crippen LogP contribution is 2.16. The Bertz CT molecular complexity index is 227. The molecule has 17 heavy (non-hydrogen) atoms. The Labute approximate surface area is 109 Å². The SMILES string of the molecule is C=CCSCCNCC(=O)NC1CCCCC1. The van der Waals surface area contributed by atoms with Crippen LogP contribution >= 0.6 is 11.8 Å². The first kappa shape index (κ1) is 14.6. The molecule has 4 heteroatoms. The number of thioether (sulfide) groups is 1. The van der Waals surface area contributed by atoms with Crippen LogP contribution in [0.2, 0.25) is 0 Å². The predicted octanol–water partition coefficient (Wildman–Crippen LogP) is 1.94. The second kappa shape index (κ2) is 9.54. The molecule has 1 aliphatic rings. The molecule has 0 saturated heterocycles. The van der Waals surface area contributed by atoms with Gasteiger partial charge in [-0.25, -0.2) is 0 Å². The minimum Gasteiger partial charge on any atom is -0.352 e. The summed E-state index contributed by atoms with van der Waals surface area (Å²) in [5, 5.41) is 6.26. The summed E-state index contributed by atoms with van der Waals surface area (Å²) in [6.45, 7) is 5.00. The zero-order valence-electron chi connectivity index (χ0n) is 10.5. The van der Waals surface area contributed by atoms with Gasteiger partial charge in [-0.2, -0.15) is 11.8 Å². The van der Waals surface area contributed by atoms with Crippen molar-refractivity contribution in [3.05, 3.63) is 12.7 Å². The Balaban J connectivity index is 1.95. The molecule has 1 saturated carbocycles. The largest absolute Gasteiger partial charge is 0.352 e. The molecule has 1 amide bonds. The Kier molecular flexibility index (Phi) is 8.18. The quantitative estimate of drug-likeness (QED) is 0.515. The van der Waals surface area contributed by atoms with Gasteiger partial charge in [-0.05, 0) is 12.8 Å². The first-order valence-electron chi connectivity index (χ1n) is 6.51. The van der Waals surface area contributed by atoms with E-state index in [2.05, 4.69) is 17.2 Å². The van der Waals surface area contributed by atoms with E-state index in [0.717, 1.165) is 30.9 Å². The van der Waals surface area contributed by atoms with Crippen molar-refractivity contribution in [3.63, 3.8) is 0 Å². The van der Waals surface area contributed by atoms with Gasteiger partial charge >= 0.3 is 0 Å². The minimum absolute atomic E-state index is 0.144. The highest BCUT2D eigenvalue weighted by Gasteiger charge is 2.14. The van der Waals surface area contributed by atoms with E-state index >= 15 is 0 Å². The number of carbonyl (C=O) groups excluding carboxylic acids is 1. The molecule has 0 aromatic rings. The molecule has 0 heterocycles. The first-order valence-corrected chi connectivity index (χ1v) is 7.67. The lowest BCUT2D eigenvalue weighted by molar-refractivity contribution is -0.121. The van der Waals surface area contributed by atoms with E-state index in [-0.39, 0.29) is 5.91 Å². The lowest BCUT2D eigenvalue weighted by Gasteiger charge is -2.22. The van der Waals surface area contributed by atoms with E-state index in [1.54, 1.807) is 0 Å². The number of hydrogen-bond acceptors (Lipinski definition) is 3. The number of nitrogens with one attached hydrogen (secondary N) is 2. The number of amides is 1. The van der Waals surface area contributed by atoms with Crippen LogP contribution in [-0.2, 0) is 4.79 Å². The molecule has 0 aromatic heterocycles. The van der Waals surface area contributed by atoms with Gasteiger partial charge in [0.15, 0.2) is 0 Å². The van der Waals surface area contributed by atoms with Crippen molar-refractivity contribution in [2.45, 2.75) is 38.1 Å². The molecule has 98 valence electrons. The molecule has 3 nitrogen and oxygen atoms in total. The van der Waals surface area contributed by atoms with Crippen LogP contribution in [0.25, 0.3) is 0 Å². The molecule has 0 radical (unpaired) electrons. The summed E-state index contributed by atoms with van der Waals surface area (Å²) < 4.78 is 0. The van der Waals surface area contributed by atoms with Gasteiger partial charge in [0.2, 0.25) is 5.91 Å². The van der Waals surface area contributed by atoms with Crippen LogP contribution in [0.1, 0.15) is 32.1 Å². The van der Waals surface area contributed by atoms with Crippen molar-refractivity contribution in [2.24, 2.45) is 0 Å². The summed E-state index contributed by atoms with van der Waals surface area (Å²) in [6, 6.07) is 0.424. The van der Waals surface area contributed by atoms with E-state index in [0.29, 0.717) is 12.6 Å². The Morgan fingerprint density at radius 1 is 1.35 bits per heavy atom. The zero-order chi connectivity index (χ0) is 12.3. The van der Waals surface area contributed by atoms with Gasteiger partial charge in [-0.1, -0.05) is 25.3 Å². The van der Waals surface area contributed by atoms with Crippen LogP contribution in [0.4, 0.5) is 0 Å². The molecule has 0 bridgehead atoms. The van der Waals surface area contributed by atoms with E-state index in [1.165, 1.54) is 19.3 Å². The number of carbonyl (C=O) groups is 1. The van der Waals surface area contributed by atoms with Gasteiger partial charge in [0.25, 0.3) is 0 Å². The van der Waals surface area contributed by atoms with Crippen molar-refractivity contribution in [2.75, 3.05) is 24.6 Å².